The fourth-order valence-corrected chi connectivity index (χ4v) is 2.02. The molecule has 0 saturated heterocycles. The van der Waals surface area contributed by atoms with Crippen molar-refractivity contribution >= 4 is 15.7 Å². The van der Waals surface area contributed by atoms with Crippen LogP contribution in [0.3, 0.4) is 0 Å². The molecule has 0 fully saturated rings. The van der Waals surface area contributed by atoms with Crippen molar-refractivity contribution in [3.8, 4) is 0 Å². The number of rotatable bonds is 5. The molecule has 6 heteroatoms. The Labute approximate surface area is 101 Å². The van der Waals surface area contributed by atoms with Crippen LogP contribution < -0.4 is 0 Å². The van der Waals surface area contributed by atoms with Crippen molar-refractivity contribution in [1.29, 1.82) is 0 Å². The molecule has 0 atom stereocenters. The van der Waals surface area contributed by atoms with Crippen LogP contribution in [0.2, 0.25) is 0 Å². The summed E-state index contributed by atoms with van der Waals surface area (Å²) in [5.74, 6) is -0.860. The fraction of sp³-hybridized carbons (Fsp3) is 0.455. The van der Waals surface area contributed by atoms with Crippen LogP contribution in [-0.4, -0.2) is 42.8 Å². The summed E-state index contributed by atoms with van der Waals surface area (Å²) in [6, 6.07) is 5.40. The second-order valence-electron chi connectivity index (χ2n) is 3.75. The highest BCUT2D eigenvalue weighted by atomic mass is 32.2. The standard InChI is InChI=1S/C11H16N2O3S/c1-3-17(15,16)9-11(14)13(2)8-10-6-4-5-7-12-10/h4-7H,3,8-9H2,1-2H3. The highest BCUT2D eigenvalue weighted by Crippen LogP contribution is 2.01. The first kappa shape index (κ1) is 13.6. The fourth-order valence-electron chi connectivity index (χ4n) is 1.22. The number of pyridine rings is 1. The van der Waals surface area contributed by atoms with Crippen molar-refractivity contribution in [2.45, 2.75) is 13.5 Å². The van der Waals surface area contributed by atoms with Gasteiger partial charge in [0.15, 0.2) is 9.84 Å². The largest absolute Gasteiger partial charge is 0.339 e. The van der Waals surface area contributed by atoms with Crippen LogP contribution in [-0.2, 0) is 21.2 Å². The number of hydrogen-bond donors (Lipinski definition) is 0. The maximum Gasteiger partial charge on any atom is 0.237 e. The van der Waals surface area contributed by atoms with Gasteiger partial charge >= 0.3 is 0 Å². The average Bonchev–Trinajstić information content (AvgIpc) is 2.30. The van der Waals surface area contributed by atoms with E-state index in [0.29, 0.717) is 6.54 Å². The van der Waals surface area contributed by atoms with Gasteiger partial charge in [0.25, 0.3) is 0 Å². The van der Waals surface area contributed by atoms with Crippen LogP contribution >= 0.6 is 0 Å². The first-order valence-electron chi connectivity index (χ1n) is 5.29. The maximum absolute atomic E-state index is 11.6. The molecule has 1 heterocycles. The SMILES string of the molecule is CCS(=O)(=O)CC(=O)N(C)Cc1ccccn1. The predicted octanol–water partition coefficient (Wildman–Crippen LogP) is 0.475. The number of nitrogens with zero attached hydrogens (tertiary/aromatic N) is 2. The summed E-state index contributed by atoms with van der Waals surface area (Å²) >= 11 is 0. The molecule has 5 nitrogen and oxygen atoms in total. The zero-order valence-corrected chi connectivity index (χ0v) is 10.8. The molecule has 0 spiro atoms. The Morgan fingerprint density at radius 2 is 2.12 bits per heavy atom. The van der Waals surface area contributed by atoms with Crippen LogP contribution in [0.25, 0.3) is 0 Å². The average molecular weight is 256 g/mol. The van der Waals surface area contributed by atoms with Gasteiger partial charge in [-0.2, -0.15) is 0 Å². The lowest BCUT2D eigenvalue weighted by Gasteiger charge is -2.16. The molecular weight excluding hydrogens is 240 g/mol. The summed E-state index contributed by atoms with van der Waals surface area (Å²) < 4.78 is 22.6. The Morgan fingerprint density at radius 3 is 2.65 bits per heavy atom. The van der Waals surface area contributed by atoms with E-state index in [2.05, 4.69) is 4.98 Å². The zero-order chi connectivity index (χ0) is 12.9. The lowest BCUT2D eigenvalue weighted by atomic mass is 10.3. The highest BCUT2D eigenvalue weighted by Gasteiger charge is 2.18. The van der Waals surface area contributed by atoms with Crippen molar-refractivity contribution in [2.24, 2.45) is 0 Å². The van der Waals surface area contributed by atoms with Crippen LogP contribution in [0.15, 0.2) is 24.4 Å². The van der Waals surface area contributed by atoms with Crippen LogP contribution in [0.5, 0.6) is 0 Å². The molecule has 0 unspecified atom stereocenters. The third-order valence-corrected chi connectivity index (χ3v) is 3.90. The molecule has 0 bridgehead atoms. The summed E-state index contributed by atoms with van der Waals surface area (Å²) in [4.78, 5) is 17.1. The minimum Gasteiger partial charge on any atom is -0.339 e. The highest BCUT2D eigenvalue weighted by molar-refractivity contribution is 7.92. The van der Waals surface area contributed by atoms with Gasteiger partial charge in [0.1, 0.15) is 5.75 Å². The summed E-state index contributed by atoms with van der Waals surface area (Å²) in [5, 5.41) is 0. The zero-order valence-electron chi connectivity index (χ0n) is 9.96. The minimum absolute atomic E-state index is 0.0177. The van der Waals surface area contributed by atoms with E-state index in [4.69, 9.17) is 0 Å². The molecule has 0 aliphatic rings. The summed E-state index contributed by atoms with van der Waals surface area (Å²) in [6.45, 7) is 1.85. The number of amides is 1. The Bertz CT molecular complexity index is 471. The van der Waals surface area contributed by atoms with Crippen molar-refractivity contribution < 1.29 is 13.2 Å². The van der Waals surface area contributed by atoms with Gasteiger partial charge in [-0.1, -0.05) is 13.0 Å². The number of hydrogen-bond acceptors (Lipinski definition) is 4. The summed E-state index contributed by atoms with van der Waals surface area (Å²) in [5.41, 5.74) is 0.734. The van der Waals surface area contributed by atoms with E-state index in [1.165, 1.54) is 11.8 Å². The van der Waals surface area contributed by atoms with Crippen LogP contribution in [0, 0.1) is 0 Å². The van der Waals surface area contributed by atoms with Gasteiger partial charge in [0.05, 0.1) is 12.2 Å². The first-order chi connectivity index (χ1) is 7.94. The van der Waals surface area contributed by atoms with E-state index in [0.717, 1.165) is 5.69 Å². The summed E-state index contributed by atoms with van der Waals surface area (Å²) in [7, 11) is -1.70. The van der Waals surface area contributed by atoms with E-state index < -0.39 is 21.5 Å². The molecule has 1 amide bonds. The Hall–Kier alpha value is -1.43. The van der Waals surface area contributed by atoms with E-state index in [1.807, 2.05) is 6.07 Å². The molecule has 0 radical (unpaired) electrons. The minimum atomic E-state index is -3.27. The van der Waals surface area contributed by atoms with Gasteiger partial charge in [-0.3, -0.25) is 9.78 Å². The lowest BCUT2D eigenvalue weighted by Crippen LogP contribution is -2.32. The van der Waals surface area contributed by atoms with Crippen molar-refractivity contribution in [3.63, 3.8) is 0 Å². The van der Waals surface area contributed by atoms with E-state index in [-0.39, 0.29) is 5.75 Å². The second kappa shape index (κ2) is 5.77. The first-order valence-corrected chi connectivity index (χ1v) is 7.11. The topological polar surface area (TPSA) is 67.3 Å². The number of carbonyl (C=O) groups is 1. The van der Waals surface area contributed by atoms with Gasteiger partial charge in [0, 0.05) is 19.0 Å². The quantitative estimate of drug-likeness (QED) is 0.768. The van der Waals surface area contributed by atoms with Crippen LogP contribution in [0.4, 0.5) is 0 Å². The van der Waals surface area contributed by atoms with Gasteiger partial charge < -0.3 is 4.90 Å². The van der Waals surface area contributed by atoms with E-state index >= 15 is 0 Å². The van der Waals surface area contributed by atoms with Crippen molar-refractivity contribution in [2.75, 3.05) is 18.6 Å². The number of sulfone groups is 1. The molecule has 17 heavy (non-hydrogen) atoms. The third-order valence-electron chi connectivity index (χ3n) is 2.33. The van der Waals surface area contributed by atoms with Gasteiger partial charge in [-0.15, -0.1) is 0 Å². The summed E-state index contributed by atoms with van der Waals surface area (Å²) in [6.07, 6.45) is 1.64. The smallest absolute Gasteiger partial charge is 0.237 e. The normalized spacial score (nSPS) is 11.2. The van der Waals surface area contributed by atoms with Gasteiger partial charge in [-0.25, -0.2) is 8.42 Å². The van der Waals surface area contributed by atoms with Crippen molar-refractivity contribution in [3.05, 3.63) is 30.1 Å². The molecule has 94 valence electrons. The van der Waals surface area contributed by atoms with E-state index in [1.54, 1.807) is 25.4 Å². The monoisotopic (exact) mass is 256 g/mol. The lowest BCUT2D eigenvalue weighted by molar-refractivity contribution is -0.127. The molecule has 0 saturated carbocycles. The van der Waals surface area contributed by atoms with Crippen molar-refractivity contribution in [1.82, 2.24) is 9.88 Å². The molecule has 0 aliphatic heterocycles. The second-order valence-corrected chi connectivity index (χ2v) is 6.10. The molecule has 0 N–H and O–H groups in total. The van der Waals surface area contributed by atoms with Gasteiger partial charge in [0.2, 0.25) is 5.91 Å². The molecule has 0 aliphatic carbocycles. The number of aromatic nitrogens is 1. The molecule has 1 aromatic heterocycles. The number of carbonyl (C=O) groups excluding carboxylic acids is 1. The van der Waals surface area contributed by atoms with E-state index in [9.17, 15) is 13.2 Å². The molecule has 0 aromatic carbocycles. The van der Waals surface area contributed by atoms with Crippen LogP contribution in [0.1, 0.15) is 12.6 Å². The molecule has 1 rings (SSSR count). The van der Waals surface area contributed by atoms with Gasteiger partial charge in [-0.05, 0) is 12.1 Å². The predicted molar refractivity (Wildman–Crippen MR) is 65.0 cm³/mol. The maximum atomic E-state index is 11.6. The molecule has 1 aromatic rings. The molecular formula is C11H16N2O3S. The third kappa shape index (κ3) is 4.52. The Kier molecular flexibility index (Phi) is 4.62. The Balaban J connectivity index is 2.60. The Morgan fingerprint density at radius 1 is 1.41 bits per heavy atom.